The lowest BCUT2D eigenvalue weighted by Crippen LogP contribution is -2.10. The highest BCUT2D eigenvalue weighted by atomic mass is 16.5. The molecular formula is C21H25NO2. The molecule has 0 unspecified atom stereocenters. The molecule has 0 radical (unpaired) electrons. The topological polar surface area (TPSA) is 38.3 Å². The van der Waals surface area contributed by atoms with Crippen molar-refractivity contribution >= 4 is 17.7 Å². The molecule has 0 fully saturated rings. The molecule has 3 nitrogen and oxygen atoms in total. The Labute approximate surface area is 144 Å². The number of nitrogens with one attached hydrogen (secondary N) is 1. The summed E-state index contributed by atoms with van der Waals surface area (Å²) in [6.07, 6.45) is 3.46. The minimum Gasteiger partial charge on any atom is -0.491 e. The average Bonchev–Trinajstić information content (AvgIpc) is 2.53. The fourth-order valence-electron chi connectivity index (χ4n) is 2.42. The summed E-state index contributed by atoms with van der Waals surface area (Å²) in [7, 11) is 0. The van der Waals surface area contributed by atoms with Crippen LogP contribution in [0.4, 0.5) is 5.69 Å². The number of rotatable bonds is 6. The second-order valence-electron chi connectivity index (χ2n) is 6.30. The molecule has 2 aromatic carbocycles. The van der Waals surface area contributed by atoms with Gasteiger partial charge in [-0.1, -0.05) is 44.2 Å². The van der Waals surface area contributed by atoms with Gasteiger partial charge < -0.3 is 10.1 Å². The molecule has 2 rings (SSSR count). The van der Waals surface area contributed by atoms with Crippen molar-refractivity contribution in [1.82, 2.24) is 0 Å². The molecule has 24 heavy (non-hydrogen) atoms. The standard InChI is InChI=1S/C21H25NO2/c1-15(2)19-10-5-6-11-20(19)22-21(23)13-12-17-8-7-9-18(14-17)24-16(3)4/h5-16H,1-4H3,(H,22,23)/b13-12+. The Morgan fingerprint density at radius 3 is 2.50 bits per heavy atom. The molecule has 0 saturated heterocycles. The first-order valence-corrected chi connectivity index (χ1v) is 8.30. The predicted octanol–water partition coefficient (Wildman–Crippen LogP) is 5.25. The zero-order valence-electron chi connectivity index (χ0n) is 14.7. The van der Waals surface area contributed by atoms with E-state index in [-0.39, 0.29) is 12.0 Å². The van der Waals surface area contributed by atoms with Crippen LogP contribution in [0.1, 0.15) is 44.7 Å². The van der Waals surface area contributed by atoms with Crippen LogP contribution in [-0.4, -0.2) is 12.0 Å². The van der Waals surface area contributed by atoms with Crippen molar-refractivity contribution < 1.29 is 9.53 Å². The van der Waals surface area contributed by atoms with Crippen molar-refractivity contribution in [3.8, 4) is 5.75 Å². The summed E-state index contributed by atoms with van der Waals surface area (Å²) in [5.74, 6) is 1.02. The molecule has 0 aliphatic carbocycles. The van der Waals surface area contributed by atoms with Gasteiger partial charge in [-0.3, -0.25) is 4.79 Å². The Morgan fingerprint density at radius 1 is 1.04 bits per heavy atom. The quantitative estimate of drug-likeness (QED) is 0.737. The summed E-state index contributed by atoms with van der Waals surface area (Å²) >= 11 is 0. The third-order valence-corrected chi connectivity index (χ3v) is 3.50. The van der Waals surface area contributed by atoms with E-state index in [9.17, 15) is 4.79 Å². The second-order valence-corrected chi connectivity index (χ2v) is 6.30. The summed E-state index contributed by atoms with van der Waals surface area (Å²) in [5.41, 5.74) is 2.92. The van der Waals surface area contributed by atoms with Crippen LogP contribution in [0.3, 0.4) is 0 Å². The van der Waals surface area contributed by atoms with E-state index in [4.69, 9.17) is 4.74 Å². The minimum absolute atomic E-state index is 0.125. The van der Waals surface area contributed by atoms with E-state index in [2.05, 4.69) is 19.2 Å². The third-order valence-electron chi connectivity index (χ3n) is 3.50. The molecule has 0 atom stereocenters. The van der Waals surface area contributed by atoms with Gasteiger partial charge in [-0.25, -0.2) is 0 Å². The molecule has 0 spiro atoms. The van der Waals surface area contributed by atoms with Gasteiger partial charge in [0.25, 0.3) is 0 Å². The highest BCUT2D eigenvalue weighted by Gasteiger charge is 2.07. The van der Waals surface area contributed by atoms with Gasteiger partial charge in [0.05, 0.1) is 6.10 Å². The maximum absolute atomic E-state index is 12.2. The van der Waals surface area contributed by atoms with Gasteiger partial charge in [0.1, 0.15) is 5.75 Å². The molecule has 2 aromatic rings. The van der Waals surface area contributed by atoms with E-state index >= 15 is 0 Å². The maximum atomic E-state index is 12.2. The van der Waals surface area contributed by atoms with Crippen molar-refractivity contribution in [2.45, 2.75) is 39.7 Å². The number of carbonyl (C=O) groups is 1. The Kier molecular flexibility index (Phi) is 6.19. The van der Waals surface area contributed by atoms with Crippen LogP contribution in [0, 0.1) is 0 Å². The van der Waals surface area contributed by atoms with Crippen LogP contribution in [0.5, 0.6) is 5.75 Å². The molecule has 1 amide bonds. The number of hydrogen-bond acceptors (Lipinski definition) is 2. The van der Waals surface area contributed by atoms with Crippen LogP contribution >= 0.6 is 0 Å². The SMILES string of the molecule is CC(C)Oc1cccc(/C=C/C(=O)Nc2ccccc2C(C)C)c1. The Bertz CT molecular complexity index is 717. The largest absolute Gasteiger partial charge is 0.491 e. The zero-order valence-corrected chi connectivity index (χ0v) is 14.7. The van der Waals surface area contributed by atoms with Crippen LogP contribution < -0.4 is 10.1 Å². The van der Waals surface area contributed by atoms with Crippen molar-refractivity contribution in [3.05, 3.63) is 65.7 Å². The van der Waals surface area contributed by atoms with Crippen molar-refractivity contribution in [2.24, 2.45) is 0 Å². The van der Waals surface area contributed by atoms with Crippen LogP contribution in [0.15, 0.2) is 54.6 Å². The van der Waals surface area contributed by atoms with Crippen LogP contribution in [0.25, 0.3) is 6.08 Å². The lowest BCUT2D eigenvalue weighted by atomic mass is 10.0. The highest BCUT2D eigenvalue weighted by Crippen LogP contribution is 2.23. The number of carbonyl (C=O) groups excluding carboxylic acids is 1. The first-order valence-electron chi connectivity index (χ1n) is 8.30. The van der Waals surface area contributed by atoms with Gasteiger partial charge in [-0.15, -0.1) is 0 Å². The van der Waals surface area contributed by atoms with E-state index in [1.807, 2.05) is 62.4 Å². The molecule has 3 heteroatoms. The monoisotopic (exact) mass is 323 g/mol. The Morgan fingerprint density at radius 2 is 1.79 bits per heavy atom. The number of benzene rings is 2. The number of amides is 1. The molecule has 126 valence electrons. The number of ether oxygens (including phenoxy) is 1. The highest BCUT2D eigenvalue weighted by molar-refractivity contribution is 6.02. The van der Waals surface area contributed by atoms with E-state index in [1.54, 1.807) is 12.2 Å². The van der Waals surface area contributed by atoms with Crippen LogP contribution in [-0.2, 0) is 4.79 Å². The normalized spacial score (nSPS) is 11.2. The number of hydrogen-bond donors (Lipinski definition) is 1. The van der Waals surface area contributed by atoms with E-state index in [0.29, 0.717) is 5.92 Å². The van der Waals surface area contributed by atoms with Gasteiger partial charge in [-0.05, 0) is 55.2 Å². The average molecular weight is 323 g/mol. The zero-order chi connectivity index (χ0) is 17.5. The molecule has 0 aliphatic heterocycles. The second kappa shape index (κ2) is 8.34. The third kappa shape index (κ3) is 5.27. The molecule has 0 bridgehead atoms. The van der Waals surface area contributed by atoms with Crippen molar-refractivity contribution in [2.75, 3.05) is 5.32 Å². The summed E-state index contributed by atoms with van der Waals surface area (Å²) in [6.45, 7) is 8.20. The van der Waals surface area contributed by atoms with Crippen molar-refractivity contribution in [3.63, 3.8) is 0 Å². The van der Waals surface area contributed by atoms with Gasteiger partial charge in [0.15, 0.2) is 0 Å². The smallest absolute Gasteiger partial charge is 0.248 e. The fourth-order valence-corrected chi connectivity index (χ4v) is 2.42. The van der Waals surface area contributed by atoms with E-state index in [1.165, 1.54) is 0 Å². The summed E-state index contributed by atoms with van der Waals surface area (Å²) in [5, 5.41) is 2.95. The van der Waals surface area contributed by atoms with Gasteiger partial charge >= 0.3 is 0 Å². The number of anilines is 1. The molecule has 0 saturated carbocycles. The Hall–Kier alpha value is -2.55. The predicted molar refractivity (Wildman–Crippen MR) is 100 cm³/mol. The first kappa shape index (κ1) is 17.8. The summed E-state index contributed by atoms with van der Waals surface area (Å²) in [6, 6.07) is 15.6. The first-order chi connectivity index (χ1) is 11.5. The van der Waals surface area contributed by atoms with Gasteiger partial charge in [-0.2, -0.15) is 0 Å². The molecule has 0 aromatic heterocycles. The molecule has 1 N–H and O–H groups in total. The lowest BCUT2D eigenvalue weighted by molar-refractivity contribution is -0.111. The van der Waals surface area contributed by atoms with Crippen molar-refractivity contribution in [1.29, 1.82) is 0 Å². The molecule has 0 aliphatic rings. The Balaban J connectivity index is 2.06. The fraction of sp³-hybridized carbons (Fsp3) is 0.286. The van der Waals surface area contributed by atoms with E-state index < -0.39 is 0 Å². The molecule has 0 heterocycles. The lowest BCUT2D eigenvalue weighted by Gasteiger charge is -2.12. The van der Waals surface area contributed by atoms with Gasteiger partial charge in [0, 0.05) is 11.8 Å². The summed E-state index contributed by atoms with van der Waals surface area (Å²) in [4.78, 5) is 12.2. The summed E-state index contributed by atoms with van der Waals surface area (Å²) < 4.78 is 5.66. The minimum atomic E-state index is -0.140. The molecular weight excluding hydrogens is 298 g/mol. The van der Waals surface area contributed by atoms with Gasteiger partial charge in [0.2, 0.25) is 5.91 Å². The maximum Gasteiger partial charge on any atom is 0.248 e. The van der Waals surface area contributed by atoms with Crippen LogP contribution in [0.2, 0.25) is 0 Å². The van der Waals surface area contributed by atoms with E-state index in [0.717, 1.165) is 22.6 Å². The number of para-hydroxylation sites is 1.